The molecule has 4 rings (SSSR count). The summed E-state index contributed by atoms with van der Waals surface area (Å²) in [5, 5.41) is 17.9. The monoisotopic (exact) mass is 619 g/mol. The Morgan fingerprint density at radius 3 is 2.17 bits per heavy atom. The Balaban J connectivity index is 1.41. The lowest BCUT2D eigenvalue weighted by atomic mass is 10.1. The van der Waals surface area contributed by atoms with Crippen LogP contribution in [0.15, 0.2) is 108 Å². The SMILES string of the molecule is O=C(CSc1ccc(NC(=O)/C(=C/c2ccc(Cl)cc2Cl)NC(=O)c2ccccc2)cc1)Nc1cccc(C(=O)O)c1. The molecule has 0 fully saturated rings. The minimum Gasteiger partial charge on any atom is -0.478 e. The first-order valence-electron chi connectivity index (χ1n) is 12.4. The molecular formula is C31H23Cl2N3O5S. The molecule has 0 aliphatic rings. The van der Waals surface area contributed by atoms with Crippen LogP contribution in [-0.2, 0) is 9.59 Å². The van der Waals surface area contributed by atoms with Gasteiger partial charge in [-0.2, -0.15) is 0 Å². The highest BCUT2D eigenvalue weighted by atomic mass is 35.5. The number of carbonyl (C=O) groups is 4. The Morgan fingerprint density at radius 1 is 0.762 bits per heavy atom. The highest BCUT2D eigenvalue weighted by Crippen LogP contribution is 2.24. The number of hydrogen-bond donors (Lipinski definition) is 4. The van der Waals surface area contributed by atoms with E-state index < -0.39 is 17.8 Å². The van der Waals surface area contributed by atoms with Gasteiger partial charge >= 0.3 is 5.97 Å². The maximum absolute atomic E-state index is 13.2. The van der Waals surface area contributed by atoms with Crippen molar-refractivity contribution in [3.05, 3.63) is 129 Å². The fourth-order valence-corrected chi connectivity index (χ4v) is 4.79. The van der Waals surface area contributed by atoms with Gasteiger partial charge in [-0.3, -0.25) is 14.4 Å². The predicted octanol–water partition coefficient (Wildman–Crippen LogP) is 6.83. The molecular weight excluding hydrogens is 597 g/mol. The van der Waals surface area contributed by atoms with Gasteiger partial charge in [0.2, 0.25) is 5.91 Å². The van der Waals surface area contributed by atoms with Crippen molar-refractivity contribution in [1.29, 1.82) is 0 Å². The standard InChI is InChI=1S/C31H23Cl2N3O5S/c32-22-10-9-20(26(33)17-22)16-27(36-29(38)19-5-2-1-3-6-19)30(39)35-23-11-13-25(14-12-23)42-18-28(37)34-24-8-4-7-21(15-24)31(40)41/h1-17H,18H2,(H,34,37)(H,35,39)(H,36,38)(H,40,41)/b27-16-. The minimum absolute atomic E-state index is 0.0323. The summed E-state index contributed by atoms with van der Waals surface area (Å²) in [6.45, 7) is 0. The van der Waals surface area contributed by atoms with E-state index in [1.807, 2.05) is 0 Å². The van der Waals surface area contributed by atoms with E-state index in [0.717, 1.165) is 4.90 Å². The summed E-state index contributed by atoms with van der Waals surface area (Å²) in [6.07, 6.45) is 1.46. The molecule has 11 heteroatoms. The second kappa shape index (κ2) is 14.4. The second-order valence-electron chi connectivity index (χ2n) is 8.75. The van der Waals surface area contributed by atoms with Crippen molar-refractivity contribution in [2.24, 2.45) is 0 Å². The average molecular weight is 621 g/mol. The number of hydrogen-bond acceptors (Lipinski definition) is 5. The van der Waals surface area contributed by atoms with E-state index in [9.17, 15) is 19.2 Å². The largest absolute Gasteiger partial charge is 0.478 e. The third kappa shape index (κ3) is 8.71. The first kappa shape index (κ1) is 30.4. The van der Waals surface area contributed by atoms with E-state index in [-0.39, 0.29) is 22.9 Å². The predicted molar refractivity (Wildman–Crippen MR) is 166 cm³/mol. The number of nitrogens with one attached hydrogen (secondary N) is 3. The van der Waals surface area contributed by atoms with Crippen LogP contribution in [-0.4, -0.2) is 34.6 Å². The molecule has 0 bridgehead atoms. The number of thioether (sulfide) groups is 1. The van der Waals surface area contributed by atoms with E-state index in [1.165, 1.54) is 36.0 Å². The molecule has 4 aromatic rings. The van der Waals surface area contributed by atoms with Crippen LogP contribution in [0.3, 0.4) is 0 Å². The van der Waals surface area contributed by atoms with Crippen LogP contribution in [0, 0.1) is 0 Å². The summed E-state index contributed by atoms with van der Waals surface area (Å²) in [5.74, 6) is -2.34. The summed E-state index contributed by atoms with van der Waals surface area (Å²) in [7, 11) is 0. The first-order chi connectivity index (χ1) is 20.2. The summed E-state index contributed by atoms with van der Waals surface area (Å²) >= 11 is 13.6. The molecule has 0 aliphatic carbocycles. The quantitative estimate of drug-likeness (QED) is 0.114. The number of halogens is 2. The summed E-state index contributed by atoms with van der Waals surface area (Å²) in [5.41, 5.74) is 1.75. The molecule has 4 N–H and O–H groups in total. The van der Waals surface area contributed by atoms with Gasteiger partial charge in [-0.1, -0.05) is 53.5 Å². The zero-order valence-corrected chi connectivity index (χ0v) is 24.1. The van der Waals surface area contributed by atoms with Crippen LogP contribution in [0.5, 0.6) is 0 Å². The van der Waals surface area contributed by atoms with Crippen molar-refractivity contribution in [2.75, 3.05) is 16.4 Å². The Hall–Kier alpha value is -4.57. The van der Waals surface area contributed by atoms with Crippen LogP contribution >= 0.6 is 35.0 Å². The Bertz CT molecular complexity index is 1660. The minimum atomic E-state index is -1.08. The van der Waals surface area contributed by atoms with Gasteiger partial charge in [0.05, 0.1) is 11.3 Å². The van der Waals surface area contributed by atoms with Gasteiger partial charge in [-0.25, -0.2) is 4.79 Å². The van der Waals surface area contributed by atoms with Crippen molar-refractivity contribution >= 4 is 76.1 Å². The van der Waals surface area contributed by atoms with E-state index in [1.54, 1.807) is 78.9 Å². The molecule has 0 radical (unpaired) electrons. The average Bonchev–Trinajstić information content (AvgIpc) is 2.98. The lowest BCUT2D eigenvalue weighted by molar-refractivity contribution is -0.114. The van der Waals surface area contributed by atoms with Crippen LogP contribution < -0.4 is 16.0 Å². The van der Waals surface area contributed by atoms with Crippen molar-refractivity contribution in [2.45, 2.75) is 4.90 Å². The van der Waals surface area contributed by atoms with Crippen molar-refractivity contribution in [3.63, 3.8) is 0 Å². The molecule has 0 saturated heterocycles. The number of benzene rings is 4. The molecule has 3 amide bonds. The zero-order valence-electron chi connectivity index (χ0n) is 21.8. The maximum Gasteiger partial charge on any atom is 0.335 e. The maximum atomic E-state index is 13.2. The lowest BCUT2D eigenvalue weighted by Crippen LogP contribution is -2.30. The van der Waals surface area contributed by atoms with Gasteiger partial charge in [0.25, 0.3) is 11.8 Å². The molecule has 0 aliphatic heterocycles. The molecule has 0 unspecified atom stereocenters. The van der Waals surface area contributed by atoms with E-state index in [4.69, 9.17) is 28.3 Å². The fourth-order valence-electron chi connectivity index (χ4n) is 3.63. The molecule has 0 saturated carbocycles. The molecule has 212 valence electrons. The Kier molecular flexibility index (Phi) is 10.4. The molecule has 0 heterocycles. The number of amides is 3. The first-order valence-corrected chi connectivity index (χ1v) is 14.1. The van der Waals surface area contributed by atoms with E-state index in [0.29, 0.717) is 32.5 Å². The number of aromatic carboxylic acids is 1. The van der Waals surface area contributed by atoms with Gasteiger partial charge in [0, 0.05) is 31.9 Å². The Labute approximate surface area is 255 Å². The third-order valence-corrected chi connectivity index (χ3v) is 7.24. The van der Waals surface area contributed by atoms with Gasteiger partial charge < -0.3 is 21.1 Å². The summed E-state index contributed by atoms with van der Waals surface area (Å²) in [6, 6.07) is 26.1. The number of carboxylic acid groups (broad SMARTS) is 1. The van der Waals surface area contributed by atoms with Gasteiger partial charge in [0.15, 0.2) is 0 Å². The molecule has 0 atom stereocenters. The smallest absolute Gasteiger partial charge is 0.335 e. The topological polar surface area (TPSA) is 125 Å². The van der Waals surface area contributed by atoms with Gasteiger partial charge in [-0.05, 0) is 78.4 Å². The summed E-state index contributed by atoms with van der Waals surface area (Å²) in [4.78, 5) is 50.3. The van der Waals surface area contributed by atoms with Crippen LogP contribution in [0.1, 0.15) is 26.3 Å². The highest BCUT2D eigenvalue weighted by Gasteiger charge is 2.16. The molecule has 4 aromatic carbocycles. The van der Waals surface area contributed by atoms with Gasteiger partial charge in [0.1, 0.15) is 5.70 Å². The van der Waals surface area contributed by atoms with Crippen LogP contribution in [0.4, 0.5) is 11.4 Å². The van der Waals surface area contributed by atoms with Crippen molar-refractivity contribution < 1.29 is 24.3 Å². The third-order valence-electron chi connectivity index (χ3n) is 5.67. The molecule has 0 aromatic heterocycles. The molecule has 8 nitrogen and oxygen atoms in total. The summed E-state index contributed by atoms with van der Waals surface area (Å²) < 4.78 is 0. The molecule has 0 spiro atoms. The fraction of sp³-hybridized carbons (Fsp3) is 0.0323. The second-order valence-corrected chi connectivity index (χ2v) is 10.6. The van der Waals surface area contributed by atoms with Gasteiger partial charge in [-0.15, -0.1) is 11.8 Å². The number of rotatable bonds is 10. The van der Waals surface area contributed by atoms with Crippen LogP contribution in [0.2, 0.25) is 10.0 Å². The lowest BCUT2D eigenvalue weighted by Gasteiger charge is -2.12. The zero-order chi connectivity index (χ0) is 30.1. The normalized spacial score (nSPS) is 11.0. The molecule has 42 heavy (non-hydrogen) atoms. The van der Waals surface area contributed by atoms with E-state index >= 15 is 0 Å². The van der Waals surface area contributed by atoms with Crippen molar-refractivity contribution in [3.8, 4) is 0 Å². The van der Waals surface area contributed by atoms with E-state index in [2.05, 4.69) is 16.0 Å². The van der Waals surface area contributed by atoms with Crippen molar-refractivity contribution in [1.82, 2.24) is 5.32 Å². The number of carbonyl (C=O) groups excluding carboxylic acids is 3. The number of anilines is 2. The van der Waals surface area contributed by atoms with Crippen LogP contribution in [0.25, 0.3) is 6.08 Å². The highest BCUT2D eigenvalue weighted by molar-refractivity contribution is 8.00. The number of carboxylic acids is 1. The Morgan fingerprint density at radius 2 is 1.48 bits per heavy atom.